The van der Waals surface area contributed by atoms with E-state index in [9.17, 15) is 0 Å². The van der Waals surface area contributed by atoms with Crippen molar-refractivity contribution in [3.05, 3.63) is 10.4 Å². The Morgan fingerprint density at radius 3 is 2.34 bits per heavy atom. The Kier molecular flexibility index (Phi) is 12.1. The van der Waals surface area contributed by atoms with Gasteiger partial charge >= 0.3 is 0 Å². The summed E-state index contributed by atoms with van der Waals surface area (Å²) < 4.78 is 20.2. The highest BCUT2D eigenvalue weighted by molar-refractivity contribution is 14.1. The molecule has 0 bridgehead atoms. The minimum atomic E-state index is -1.95. The Balaban J connectivity index is 3.06. The molecule has 0 aromatic heterocycles. The van der Waals surface area contributed by atoms with E-state index in [2.05, 4.69) is 80.3 Å². The van der Waals surface area contributed by atoms with Crippen LogP contribution in [0.15, 0.2) is 5.11 Å². The van der Waals surface area contributed by atoms with Gasteiger partial charge in [-0.25, -0.2) is 0 Å². The Hall–Kier alpha value is 0.137. The van der Waals surface area contributed by atoms with Gasteiger partial charge in [-0.1, -0.05) is 68.7 Å². The molecule has 0 radical (unpaired) electrons. The average molecular weight is 540 g/mol. The zero-order valence-corrected chi connectivity index (χ0v) is 22.6. The van der Waals surface area contributed by atoms with Gasteiger partial charge in [0.15, 0.2) is 14.6 Å². The molecule has 0 N–H and O–H groups in total. The zero-order chi connectivity index (χ0) is 22.1. The van der Waals surface area contributed by atoms with Gasteiger partial charge < -0.3 is 13.9 Å². The Bertz CT molecular complexity index is 518. The summed E-state index contributed by atoms with van der Waals surface area (Å²) in [5.41, 5.74) is 8.52. The van der Waals surface area contributed by atoms with E-state index in [1.54, 1.807) is 0 Å². The van der Waals surface area contributed by atoms with Crippen molar-refractivity contribution in [1.29, 1.82) is 0 Å². The van der Waals surface area contributed by atoms with Gasteiger partial charge in [-0.3, -0.25) is 0 Å². The minimum absolute atomic E-state index is 0.115. The molecule has 0 saturated carbocycles. The first-order valence-electron chi connectivity index (χ1n) is 11.0. The number of halogens is 1. The fourth-order valence-corrected chi connectivity index (χ4v) is 5.46. The van der Waals surface area contributed by atoms with Gasteiger partial charge in [-0.05, 0) is 54.8 Å². The molecule has 1 aliphatic heterocycles. The van der Waals surface area contributed by atoms with Gasteiger partial charge in [0.1, 0.15) is 0 Å². The molecule has 29 heavy (non-hydrogen) atoms. The van der Waals surface area contributed by atoms with Crippen molar-refractivity contribution in [2.24, 2.45) is 22.9 Å². The predicted octanol–water partition coefficient (Wildman–Crippen LogP) is 6.94. The fourth-order valence-electron chi connectivity index (χ4n) is 3.66. The summed E-state index contributed by atoms with van der Waals surface area (Å²) in [6, 6.07) is 0. The van der Waals surface area contributed by atoms with Crippen molar-refractivity contribution in [1.82, 2.24) is 0 Å². The highest BCUT2D eigenvalue weighted by Crippen LogP contribution is 2.41. The number of ether oxygens (including phenoxy) is 2. The number of alkyl halides is 1. The molecule has 0 aromatic rings. The average Bonchev–Trinajstić information content (AvgIpc) is 3.16. The summed E-state index contributed by atoms with van der Waals surface area (Å²) in [5.74, 6) is 1.30. The van der Waals surface area contributed by atoms with Crippen LogP contribution in [-0.2, 0) is 13.9 Å². The van der Waals surface area contributed by atoms with Gasteiger partial charge in [-0.15, -0.1) is 0 Å². The third kappa shape index (κ3) is 9.03. The lowest BCUT2D eigenvalue weighted by Gasteiger charge is -2.44. The van der Waals surface area contributed by atoms with Gasteiger partial charge in [0.25, 0.3) is 0 Å². The van der Waals surface area contributed by atoms with E-state index in [1.165, 1.54) is 0 Å². The number of nitrogens with zero attached hydrogens (tertiary/aromatic N) is 3. The van der Waals surface area contributed by atoms with Gasteiger partial charge in [0.2, 0.25) is 0 Å². The molecule has 8 heteroatoms. The summed E-state index contributed by atoms with van der Waals surface area (Å²) >= 11 is 2.48. The number of azide groups is 1. The van der Waals surface area contributed by atoms with Crippen LogP contribution in [0.3, 0.4) is 0 Å². The van der Waals surface area contributed by atoms with Crippen LogP contribution in [-0.4, -0.2) is 44.9 Å². The smallest absolute Gasteiger partial charge is 0.192 e. The van der Waals surface area contributed by atoms with Crippen LogP contribution >= 0.6 is 22.6 Å². The van der Waals surface area contributed by atoms with E-state index in [-0.39, 0.29) is 23.4 Å². The summed E-state index contributed by atoms with van der Waals surface area (Å²) in [5, 5.41) is 3.84. The van der Waals surface area contributed by atoms with E-state index < -0.39 is 8.32 Å². The largest absolute Gasteiger partial charge is 0.413 e. The third-order valence-electron chi connectivity index (χ3n) is 6.36. The molecule has 1 saturated heterocycles. The number of hydrogen-bond donors (Lipinski definition) is 0. The number of hydrogen-bond acceptors (Lipinski definition) is 4. The first-order valence-corrected chi connectivity index (χ1v) is 15.4. The van der Waals surface area contributed by atoms with E-state index in [0.29, 0.717) is 31.6 Å². The maximum atomic E-state index is 8.52. The van der Waals surface area contributed by atoms with Crippen molar-refractivity contribution < 1.29 is 13.9 Å². The number of rotatable bonds is 13. The van der Waals surface area contributed by atoms with Crippen molar-refractivity contribution in [2.75, 3.05) is 24.2 Å². The summed E-state index contributed by atoms with van der Waals surface area (Å²) in [6.07, 6.45) is 3.90. The highest BCUT2D eigenvalue weighted by atomic mass is 127. The molecule has 1 fully saturated rings. The van der Waals surface area contributed by atoms with Crippen LogP contribution in [0.5, 0.6) is 0 Å². The van der Waals surface area contributed by atoms with E-state index in [1.807, 2.05) is 0 Å². The molecule has 4 atom stereocenters. The van der Waals surface area contributed by atoms with E-state index >= 15 is 0 Å². The van der Waals surface area contributed by atoms with Crippen LogP contribution in [0, 0.1) is 17.8 Å². The Morgan fingerprint density at radius 1 is 1.21 bits per heavy atom. The molecule has 6 nitrogen and oxygen atoms in total. The molecule has 1 rings (SSSR count). The summed E-state index contributed by atoms with van der Waals surface area (Å²) in [7, 11) is -1.95. The Morgan fingerprint density at radius 2 is 1.83 bits per heavy atom. The van der Waals surface area contributed by atoms with Crippen molar-refractivity contribution >= 4 is 30.9 Å². The fraction of sp³-hybridized carbons (Fsp3) is 1.00. The molecule has 170 valence electrons. The third-order valence-corrected chi connectivity index (χ3v) is 12.3. The maximum absolute atomic E-state index is 8.52. The number of unbranched alkanes of at least 4 members (excludes halogenated alkanes) is 1. The van der Waals surface area contributed by atoms with E-state index in [0.717, 1.165) is 30.1 Å². The van der Waals surface area contributed by atoms with Crippen LogP contribution < -0.4 is 0 Å². The molecular weight excluding hydrogens is 497 g/mol. The van der Waals surface area contributed by atoms with Crippen LogP contribution in [0.25, 0.3) is 10.4 Å². The van der Waals surface area contributed by atoms with Crippen molar-refractivity contribution in [3.8, 4) is 0 Å². The molecule has 0 aromatic carbocycles. The molecule has 0 amide bonds. The second-order valence-electron chi connectivity index (χ2n) is 10.0. The minimum Gasteiger partial charge on any atom is -0.413 e. The van der Waals surface area contributed by atoms with Crippen molar-refractivity contribution in [3.63, 3.8) is 0 Å². The first kappa shape index (κ1) is 27.2. The molecule has 0 unspecified atom stereocenters. The Labute approximate surface area is 192 Å². The molecule has 1 heterocycles. The van der Waals surface area contributed by atoms with Crippen LogP contribution in [0.4, 0.5) is 0 Å². The second-order valence-corrected chi connectivity index (χ2v) is 15.7. The van der Waals surface area contributed by atoms with Crippen molar-refractivity contribution in [2.45, 2.75) is 90.8 Å². The highest BCUT2D eigenvalue weighted by Gasteiger charge is 2.44. The van der Waals surface area contributed by atoms with Crippen LogP contribution in [0.1, 0.15) is 60.3 Å². The standard InChI is InChI=1S/C21H42IN3O3Si/c1-16(15-22)14-17(2)19(28-29(6,7)21(3,4)5)18(20-26-12-13-27-20)10-8-9-11-24-25-23/h16-20H,8-15H2,1-7H3/t16-,17+,18-,19-/m1/s1. The van der Waals surface area contributed by atoms with E-state index in [4.69, 9.17) is 19.4 Å². The molecular formula is C21H42IN3O3Si. The molecule has 0 aliphatic carbocycles. The van der Waals surface area contributed by atoms with Crippen LogP contribution in [0.2, 0.25) is 18.1 Å². The zero-order valence-electron chi connectivity index (χ0n) is 19.5. The first-order chi connectivity index (χ1) is 13.5. The quantitative estimate of drug-likeness (QED) is 0.0484. The molecule has 0 spiro atoms. The SMILES string of the molecule is C[C@@H](CI)C[C@H](C)[C@@H](O[Si](C)(C)C(C)(C)C)[C@@H](CCCCN=[N+]=[N-])C1OCCO1. The maximum Gasteiger partial charge on any atom is 0.192 e. The lowest BCUT2D eigenvalue weighted by Crippen LogP contribution is -2.50. The lowest BCUT2D eigenvalue weighted by atomic mass is 9.83. The predicted molar refractivity (Wildman–Crippen MR) is 131 cm³/mol. The van der Waals surface area contributed by atoms with Gasteiger partial charge in [0, 0.05) is 21.8 Å². The second kappa shape index (κ2) is 12.9. The summed E-state index contributed by atoms with van der Waals surface area (Å²) in [6.45, 7) is 18.1. The lowest BCUT2D eigenvalue weighted by molar-refractivity contribution is -0.126. The topological polar surface area (TPSA) is 76.5 Å². The normalized spacial score (nSPS) is 20.1. The monoisotopic (exact) mass is 539 g/mol. The van der Waals surface area contributed by atoms with Gasteiger partial charge in [-0.2, -0.15) is 0 Å². The summed E-state index contributed by atoms with van der Waals surface area (Å²) in [4.78, 5) is 2.87. The van der Waals surface area contributed by atoms with Gasteiger partial charge in [0.05, 0.1) is 19.3 Å². The molecule has 1 aliphatic rings.